The first-order valence-corrected chi connectivity index (χ1v) is 4.46. The molecule has 0 aliphatic carbocycles. The molecule has 0 saturated carbocycles. The van der Waals surface area contributed by atoms with Gasteiger partial charge in [-0.05, 0) is 31.7 Å². The third kappa shape index (κ3) is 2.31. The molecule has 1 aromatic carbocycles. The summed E-state index contributed by atoms with van der Waals surface area (Å²) in [6.07, 6.45) is 0. The molecule has 60 valence electrons. The van der Waals surface area contributed by atoms with Crippen molar-refractivity contribution in [2.75, 3.05) is 7.05 Å². The Morgan fingerprint density at radius 3 is 2.73 bits per heavy atom. The molecule has 1 atom stereocenters. The molecule has 2 heteroatoms. The molecule has 1 nitrogen and oxygen atoms in total. The van der Waals surface area contributed by atoms with Crippen molar-refractivity contribution in [3.05, 3.63) is 34.3 Å². The van der Waals surface area contributed by atoms with Gasteiger partial charge < -0.3 is 5.32 Å². The fourth-order valence-electron chi connectivity index (χ4n) is 0.943. The molecule has 0 saturated heterocycles. The Hall–Kier alpha value is -0.340. The number of halogens is 1. The van der Waals surface area contributed by atoms with E-state index in [4.69, 9.17) is 0 Å². The summed E-state index contributed by atoms with van der Waals surface area (Å²) in [5.41, 5.74) is 1.31. The smallest absolute Gasteiger partial charge is 0.0289 e. The van der Waals surface area contributed by atoms with Crippen molar-refractivity contribution in [1.29, 1.82) is 0 Å². The van der Waals surface area contributed by atoms with E-state index >= 15 is 0 Å². The first-order chi connectivity index (χ1) is 5.24. The average molecular weight is 214 g/mol. The largest absolute Gasteiger partial charge is 0.313 e. The zero-order valence-electron chi connectivity index (χ0n) is 6.76. The molecule has 0 amide bonds. The zero-order valence-corrected chi connectivity index (χ0v) is 8.35. The van der Waals surface area contributed by atoms with Gasteiger partial charge in [0.05, 0.1) is 0 Å². The van der Waals surface area contributed by atoms with Crippen molar-refractivity contribution in [2.45, 2.75) is 13.0 Å². The summed E-state index contributed by atoms with van der Waals surface area (Å²) < 4.78 is 1.14. The molecule has 0 aliphatic rings. The lowest BCUT2D eigenvalue weighted by molar-refractivity contribution is 0.652. The van der Waals surface area contributed by atoms with E-state index in [1.807, 2.05) is 19.2 Å². The highest BCUT2D eigenvalue weighted by Gasteiger charge is 2.00. The highest BCUT2D eigenvalue weighted by atomic mass is 79.9. The van der Waals surface area contributed by atoms with Gasteiger partial charge in [0.25, 0.3) is 0 Å². The van der Waals surface area contributed by atoms with Crippen LogP contribution in [0.4, 0.5) is 0 Å². The molecule has 1 N–H and O–H groups in total. The zero-order chi connectivity index (χ0) is 8.27. The topological polar surface area (TPSA) is 12.0 Å². The van der Waals surface area contributed by atoms with E-state index in [1.54, 1.807) is 0 Å². The molecule has 0 fully saturated rings. The fraction of sp³-hybridized carbons (Fsp3) is 0.333. The van der Waals surface area contributed by atoms with Crippen LogP contribution in [-0.4, -0.2) is 7.05 Å². The van der Waals surface area contributed by atoms with Gasteiger partial charge in [0.15, 0.2) is 0 Å². The van der Waals surface area contributed by atoms with Crippen LogP contribution in [0.1, 0.15) is 18.5 Å². The fourth-order valence-corrected chi connectivity index (χ4v) is 1.36. The molecule has 0 heterocycles. The first kappa shape index (κ1) is 8.75. The normalized spacial score (nSPS) is 13.0. The van der Waals surface area contributed by atoms with Crippen molar-refractivity contribution in [3.63, 3.8) is 0 Å². The van der Waals surface area contributed by atoms with Gasteiger partial charge in [0.1, 0.15) is 0 Å². The Labute approximate surface area is 75.9 Å². The van der Waals surface area contributed by atoms with E-state index in [0.717, 1.165) is 4.47 Å². The Kier molecular flexibility index (Phi) is 3.09. The van der Waals surface area contributed by atoms with Gasteiger partial charge in [-0.2, -0.15) is 0 Å². The van der Waals surface area contributed by atoms with Crippen LogP contribution < -0.4 is 5.32 Å². The average Bonchev–Trinajstić information content (AvgIpc) is 2.03. The lowest BCUT2D eigenvalue weighted by atomic mass is 10.1. The maximum Gasteiger partial charge on any atom is 0.0289 e. The highest BCUT2D eigenvalue weighted by molar-refractivity contribution is 9.10. The van der Waals surface area contributed by atoms with Crippen LogP contribution in [0.25, 0.3) is 0 Å². The summed E-state index contributed by atoms with van der Waals surface area (Å²) in [5, 5.41) is 3.19. The van der Waals surface area contributed by atoms with E-state index in [-0.39, 0.29) is 0 Å². The molecule has 11 heavy (non-hydrogen) atoms. The van der Waals surface area contributed by atoms with Gasteiger partial charge in [-0.1, -0.05) is 28.1 Å². The molecular weight excluding hydrogens is 202 g/mol. The van der Waals surface area contributed by atoms with Crippen molar-refractivity contribution in [1.82, 2.24) is 5.32 Å². The van der Waals surface area contributed by atoms with E-state index in [2.05, 4.69) is 40.3 Å². The molecule has 0 aromatic heterocycles. The Bertz CT molecular complexity index is 235. The summed E-state index contributed by atoms with van der Waals surface area (Å²) >= 11 is 3.43. The van der Waals surface area contributed by atoms with Crippen molar-refractivity contribution >= 4 is 15.9 Å². The van der Waals surface area contributed by atoms with Crippen molar-refractivity contribution < 1.29 is 0 Å². The van der Waals surface area contributed by atoms with Crippen molar-refractivity contribution in [3.8, 4) is 0 Å². The quantitative estimate of drug-likeness (QED) is 0.798. The number of benzene rings is 1. The standard InChI is InChI=1S/C9H12BrN/c1-7(11-2)8-4-3-5-9(10)6-8/h3-7,11H,1-2H3/t7-/m1/s1. The van der Waals surface area contributed by atoms with Gasteiger partial charge in [0.2, 0.25) is 0 Å². The van der Waals surface area contributed by atoms with Gasteiger partial charge >= 0.3 is 0 Å². The maximum absolute atomic E-state index is 3.43. The van der Waals surface area contributed by atoms with Gasteiger partial charge in [-0.25, -0.2) is 0 Å². The van der Waals surface area contributed by atoms with E-state index < -0.39 is 0 Å². The molecule has 1 rings (SSSR count). The van der Waals surface area contributed by atoms with Crippen molar-refractivity contribution in [2.24, 2.45) is 0 Å². The second-order valence-electron chi connectivity index (χ2n) is 2.57. The monoisotopic (exact) mass is 213 g/mol. The summed E-state index contributed by atoms with van der Waals surface area (Å²) in [5.74, 6) is 0. The number of hydrogen-bond donors (Lipinski definition) is 1. The van der Waals surface area contributed by atoms with Crippen LogP contribution in [-0.2, 0) is 0 Å². The molecule has 0 spiro atoms. The highest BCUT2D eigenvalue weighted by Crippen LogP contribution is 2.16. The number of hydrogen-bond acceptors (Lipinski definition) is 1. The Morgan fingerprint density at radius 1 is 1.45 bits per heavy atom. The van der Waals surface area contributed by atoms with E-state index in [1.165, 1.54) is 5.56 Å². The second kappa shape index (κ2) is 3.88. The molecule has 0 aliphatic heterocycles. The summed E-state index contributed by atoms with van der Waals surface area (Å²) in [7, 11) is 1.96. The van der Waals surface area contributed by atoms with Crippen LogP contribution in [0.15, 0.2) is 28.7 Å². The van der Waals surface area contributed by atoms with Gasteiger partial charge in [-0.15, -0.1) is 0 Å². The van der Waals surface area contributed by atoms with Crippen LogP contribution >= 0.6 is 15.9 Å². The maximum atomic E-state index is 3.43. The second-order valence-corrected chi connectivity index (χ2v) is 3.48. The molecule has 1 aromatic rings. The summed E-state index contributed by atoms with van der Waals surface area (Å²) in [6, 6.07) is 8.75. The summed E-state index contributed by atoms with van der Waals surface area (Å²) in [6.45, 7) is 2.14. The van der Waals surface area contributed by atoms with Crippen LogP contribution in [0.3, 0.4) is 0 Å². The number of nitrogens with one attached hydrogen (secondary N) is 1. The minimum Gasteiger partial charge on any atom is -0.313 e. The van der Waals surface area contributed by atoms with E-state index in [0.29, 0.717) is 6.04 Å². The number of rotatable bonds is 2. The minimum atomic E-state index is 0.424. The van der Waals surface area contributed by atoms with Crippen LogP contribution in [0.2, 0.25) is 0 Å². The first-order valence-electron chi connectivity index (χ1n) is 3.67. The van der Waals surface area contributed by atoms with Gasteiger partial charge in [-0.3, -0.25) is 0 Å². The molecule has 0 radical (unpaired) electrons. The summed E-state index contributed by atoms with van der Waals surface area (Å²) in [4.78, 5) is 0. The lowest BCUT2D eigenvalue weighted by Gasteiger charge is -2.09. The van der Waals surface area contributed by atoms with Crippen LogP contribution in [0, 0.1) is 0 Å². The SMILES string of the molecule is CN[C@H](C)c1cccc(Br)c1. The third-order valence-electron chi connectivity index (χ3n) is 1.78. The predicted molar refractivity (Wildman–Crippen MR) is 51.6 cm³/mol. The molecule has 0 unspecified atom stereocenters. The predicted octanol–water partition coefficient (Wildman–Crippen LogP) is 2.73. The van der Waals surface area contributed by atoms with Crippen LogP contribution in [0.5, 0.6) is 0 Å². The molecular formula is C9H12BrN. The molecule has 0 bridgehead atoms. The Balaban J connectivity index is 2.86. The minimum absolute atomic E-state index is 0.424. The third-order valence-corrected chi connectivity index (χ3v) is 2.27. The lowest BCUT2D eigenvalue weighted by Crippen LogP contribution is -2.11. The van der Waals surface area contributed by atoms with E-state index in [9.17, 15) is 0 Å². The van der Waals surface area contributed by atoms with Gasteiger partial charge in [0, 0.05) is 10.5 Å². The Morgan fingerprint density at radius 2 is 2.18 bits per heavy atom.